The number of nitrogens with one attached hydrogen (secondary N) is 2. The van der Waals surface area contributed by atoms with Crippen LogP contribution in [-0.2, 0) is 17.8 Å². The van der Waals surface area contributed by atoms with Gasteiger partial charge in [0.05, 0.1) is 7.11 Å². The van der Waals surface area contributed by atoms with E-state index < -0.39 is 0 Å². The van der Waals surface area contributed by atoms with Gasteiger partial charge in [0.15, 0.2) is 18.1 Å². The summed E-state index contributed by atoms with van der Waals surface area (Å²) in [5.74, 6) is 0.630. The molecule has 0 saturated carbocycles. The van der Waals surface area contributed by atoms with E-state index >= 15 is 0 Å². The molecule has 3 aromatic carbocycles. The lowest BCUT2D eigenvalue weighted by molar-refractivity contribution is -0.118. The van der Waals surface area contributed by atoms with E-state index in [9.17, 15) is 9.18 Å². The minimum atomic E-state index is -0.245. The van der Waals surface area contributed by atoms with Gasteiger partial charge in [-0.05, 0) is 55.8 Å². The van der Waals surface area contributed by atoms with E-state index in [1.165, 1.54) is 12.1 Å². The third-order valence-corrected chi connectivity index (χ3v) is 4.78. The zero-order valence-electron chi connectivity index (χ0n) is 17.8. The van der Waals surface area contributed by atoms with Crippen molar-refractivity contribution < 1.29 is 18.7 Å². The quantitative estimate of drug-likeness (QED) is 0.473. The SMILES string of the molecule is COc1cccc(CNCCc2ccc(F)cc2)c1OCC(=O)Nc1ccc(C)cc1. The fraction of sp³-hybridized carbons (Fsp3) is 0.240. The van der Waals surface area contributed by atoms with Crippen molar-refractivity contribution >= 4 is 11.6 Å². The lowest BCUT2D eigenvalue weighted by Crippen LogP contribution is -2.22. The minimum Gasteiger partial charge on any atom is -0.493 e. The molecule has 162 valence electrons. The number of carbonyl (C=O) groups excluding carboxylic acids is 1. The van der Waals surface area contributed by atoms with Crippen LogP contribution in [0.15, 0.2) is 66.7 Å². The number of anilines is 1. The molecule has 31 heavy (non-hydrogen) atoms. The first kappa shape index (κ1) is 22.3. The summed E-state index contributed by atoms with van der Waals surface area (Å²) < 4.78 is 24.3. The van der Waals surface area contributed by atoms with Crippen LogP contribution in [0.2, 0.25) is 0 Å². The molecule has 5 nitrogen and oxygen atoms in total. The molecule has 3 rings (SSSR count). The van der Waals surface area contributed by atoms with Gasteiger partial charge < -0.3 is 20.1 Å². The van der Waals surface area contributed by atoms with Crippen LogP contribution in [-0.4, -0.2) is 26.2 Å². The molecule has 0 unspecified atom stereocenters. The van der Waals surface area contributed by atoms with Crippen LogP contribution in [0.25, 0.3) is 0 Å². The Morgan fingerprint density at radius 3 is 2.45 bits per heavy atom. The third-order valence-electron chi connectivity index (χ3n) is 4.78. The van der Waals surface area contributed by atoms with Crippen LogP contribution in [0.5, 0.6) is 11.5 Å². The van der Waals surface area contributed by atoms with Gasteiger partial charge in [-0.25, -0.2) is 4.39 Å². The van der Waals surface area contributed by atoms with Crippen molar-refractivity contribution in [3.05, 3.63) is 89.2 Å². The summed E-state index contributed by atoms with van der Waals surface area (Å²) >= 11 is 0. The molecular weight excluding hydrogens is 395 g/mol. The molecule has 0 aliphatic carbocycles. The summed E-state index contributed by atoms with van der Waals surface area (Å²) in [6.45, 7) is 3.13. The standard InChI is InChI=1S/C25H27FN2O3/c1-18-6-12-22(13-7-18)28-24(29)17-31-25-20(4-3-5-23(25)30-2)16-27-15-14-19-8-10-21(26)11-9-19/h3-13,27H,14-17H2,1-2H3,(H,28,29). The summed E-state index contributed by atoms with van der Waals surface area (Å²) in [7, 11) is 1.57. The van der Waals surface area contributed by atoms with Gasteiger partial charge in [-0.3, -0.25) is 4.79 Å². The number of hydrogen-bond acceptors (Lipinski definition) is 4. The van der Waals surface area contributed by atoms with Gasteiger partial charge in [-0.1, -0.05) is 42.0 Å². The van der Waals surface area contributed by atoms with E-state index in [1.807, 2.05) is 43.3 Å². The Hall–Kier alpha value is -3.38. The highest BCUT2D eigenvalue weighted by Crippen LogP contribution is 2.31. The predicted molar refractivity (Wildman–Crippen MR) is 120 cm³/mol. The second kappa shape index (κ2) is 11.1. The number of rotatable bonds is 10. The predicted octanol–water partition coefficient (Wildman–Crippen LogP) is 4.49. The Bertz CT molecular complexity index is 989. The molecule has 0 spiro atoms. The van der Waals surface area contributed by atoms with Crippen LogP contribution in [0.3, 0.4) is 0 Å². The summed E-state index contributed by atoms with van der Waals surface area (Å²) in [6.07, 6.45) is 0.777. The molecule has 0 aliphatic heterocycles. The van der Waals surface area contributed by atoms with Crippen LogP contribution >= 0.6 is 0 Å². The van der Waals surface area contributed by atoms with Gasteiger partial charge >= 0.3 is 0 Å². The summed E-state index contributed by atoms with van der Waals surface area (Å²) in [6, 6.07) is 19.7. The molecule has 3 aromatic rings. The van der Waals surface area contributed by atoms with E-state index in [0.29, 0.717) is 18.0 Å². The van der Waals surface area contributed by atoms with E-state index in [-0.39, 0.29) is 18.3 Å². The molecule has 0 aliphatic rings. The zero-order chi connectivity index (χ0) is 22.1. The number of ether oxygens (including phenoxy) is 2. The summed E-state index contributed by atoms with van der Waals surface area (Å²) in [5, 5.41) is 6.18. The van der Waals surface area contributed by atoms with E-state index in [2.05, 4.69) is 10.6 Å². The zero-order valence-corrected chi connectivity index (χ0v) is 17.8. The number of aryl methyl sites for hydroxylation is 1. The normalized spacial score (nSPS) is 10.5. The van der Waals surface area contributed by atoms with Crippen molar-refractivity contribution in [2.75, 3.05) is 25.6 Å². The fourth-order valence-electron chi connectivity index (χ4n) is 3.10. The first-order valence-electron chi connectivity index (χ1n) is 10.2. The largest absolute Gasteiger partial charge is 0.493 e. The first-order chi connectivity index (χ1) is 15.0. The van der Waals surface area contributed by atoms with Crippen molar-refractivity contribution in [1.29, 1.82) is 0 Å². The lowest BCUT2D eigenvalue weighted by atomic mass is 10.1. The Morgan fingerprint density at radius 2 is 1.74 bits per heavy atom. The number of amides is 1. The number of methoxy groups -OCH3 is 1. The number of benzene rings is 3. The van der Waals surface area contributed by atoms with Gasteiger partial charge in [0, 0.05) is 17.8 Å². The topological polar surface area (TPSA) is 59.6 Å². The highest BCUT2D eigenvalue weighted by molar-refractivity contribution is 5.91. The second-order valence-corrected chi connectivity index (χ2v) is 7.20. The van der Waals surface area contributed by atoms with Crippen molar-refractivity contribution in [2.24, 2.45) is 0 Å². The average Bonchev–Trinajstić information content (AvgIpc) is 2.78. The van der Waals surface area contributed by atoms with Crippen LogP contribution < -0.4 is 20.1 Å². The average molecular weight is 423 g/mol. The monoisotopic (exact) mass is 422 g/mol. The van der Waals surface area contributed by atoms with Crippen molar-refractivity contribution in [1.82, 2.24) is 5.32 Å². The Morgan fingerprint density at radius 1 is 1.00 bits per heavy atom. The summed E-state index contributed by atoms with van der Waals surface area (Å²) in [5.41, 5.74) is 3.80. The molecule has 0 atom stereocenters. The molecule has 0 fully saturated rings. The minimum absolute atomic E-state index is 0.128. The van der Waals surface area contributed by atoms with Gasteiger partial charge in [0.25, 0.3) is 5.91 Å². The maximum Gasteiger partial charge on any atom is 0.262 e. The highest BCUT2D eigenvalue weighted by atomic mass is 19.1. The first-order valence-corrected chi connectivity index (χ1v) is 10.2. The maximum absolute atomic E-state index is 13.0. The molecule has 0 radical (unpaired) electrons. The number of para-hydroxylation sites is 1. The van der Waals surface area contributed by atoms with E-state index in [1.54, 1.807) is 25.3 Å². The van der Waals surface area contributed by atoms with Crippen molar-refractivity contribution in [3.63, 3.8) is 0 Å². The summed E-state index contributed by atoms with van der Waals surface area (Å²) in [4.78, 5) is 12.3. The van der Waals surface area contributed by atoms with Crippen molar-refractivity contribution in [3.8, 4) is 11.5 Å². The van der Waals surface area contributed by atoms with Gasteiger partial charge in [0.1, 0.15) is 5.82 Å². The van der Waals surface area contributed by atoms with Crippen LogP contribution in [0.1, 0.15) is 16.7 Å². The Kier molecular flexibility index (Phi) is 8.01. The highest BCUT2D eigenvalue weighted by Gasteiger charge is 2.13. The molecule has 0 saturated heterocycles. The molecule has 0 heterocycles. The Labute approximate surface area is 182 Å². The van der Waals surface area contributed by atoms with Crippen LogP contribution in [0, 0.1) is 12.7 Å². The van der Waals surface area contributed by atoms with E-state index in [0.717, 1.165) is 35.3 Å². The van der Waals surface area contributed by atoms with Gasteiger partial charge in [0.2, 0.25) is 0 Å². The maximum atomic E-state index is 13.0. The smallest absolute Gasteiger partial charge is 0.262 e. The van der Waals surface area contributed by atoms with E-state index in [4.69, 9.17) is 9.47 Å². The molecule has 0 aromatic heterocycles. The molecule has 6 heteroatoms. The fourth-order valence-corrected chi connectivity index (χ4v) is 3.10. The number of carbonyl (C=O) groups is 1. The third kappa shape index (κ3) is 6.83. The van der Waals surface area contributed by atoms with Crippen molar-refractivity contribution in [2.45, 2.75) is 19.9 Å². The van der Waals surface area contributed by atoms with Gasteiger partial charge in [-0.15, -0.1) is 0 Å². The molecule has 2 N–H and O–H groups in total. The number of halogens is 1. The lowest BCUT2D eigenvalue weighted by Gasteiger charge is -2.15. The number of hydrogen-bond donors (Lipinski definition) is 2. The molecule has 0 bridgehead atoms. The van der Waals surface area contributed by atoms with Gasteiger partial charge in [-0.2, -0.15) is 0 Å². The second-order valence-electron chi connectivity index (χ2n) is 7.20. The Balaban J connectivity index is 1.55. The van der Waals surface area contributed by atoms with Crippen LogP contribution in [0.4, 0.5) is 10.1 Å². The molecule has 1 amide bonds. The molecular formula is C25H27FN2O3.